The number of rotatable bonds is 6. The molecule has 1 aromatic carbocycles. The molecule has 0 saturated carbocycles. The highest BCUT2D eigenvalue weighted by atomic mass is 16.6. The van der Waals surface area contributed by atoms with Crippen LogP contribution in [-0.4, -0.2) is 78.7 Å². The second-order valence-electron chi connectivity index (χ2n) is 6.64. The summed E-state index contributed by atoms with van der Waals surface area (Å²) in [4.78, 5) is 28.3. The van der Waals surface area contributed by atoms with Gasteiger partial charge < -0.3 is 19.3 Å². The van der Waals surface area contributed by atoms with E-state index >= 15 is 0 Å². The Morgan fingerprint density at radius 1 is 0.967 bits per heavy atom. The molecule has 0 aliphatic carbocycles. The third-order valence-electron chi connectivity index (χ3n) is 4.70. The van der Waals surface area contributed by atoms with Gasteiger partial charge >= 0.3 is 0 Å². The largest absolute Gasteiger partial charge is 0.378 e. The van der Waals surface area contributed by atoms with Gasteiger partial charge in [0.05, 0.1) is 43.1 Å². The average molecular weight is 414 g/mol. The number of morpholine rings is 2. The SMILES string of the molecule is O=[N+]([O-])c1ccccc1/C=N\Nc1nc(N2CCOCC2)nc(N2CCOCC2)n1. The molecule has 12 heteroatoms. The van der Waals surface area contributed by atoms with E-state index in [1.165, 1.54) is 12.3 Å². The second kappa shape index (κ2) is 9.41. The molecule has 2 aromatic rings. The van der Waals surface area contributed by atoms with E-state index in [-0.39, 0.29) is 11.6 Å². The first kappa shape index (κ1) is 19.9. The molecule has 2 saturated heterocycles. The lowest BCUT2D eigenvalue weighted by atomic mass is 10.2. The Bertz CT molecular complexity index is 877. The van der Waals surface area contributed by atoms with Crippen LogP contribution in [0.2, 0.25) is 0 Å². The molecule has 0 unspecified atom stereocenters. The van der Waals surface area contributed by atoms with E-state index in [0.29, 0.717) is 70.1 Å². The molecule has 1 N–H and O–H groups in total. The van der Waals surface area contributed by atoms with Crippen LogP contribution in [0.3, 0.4) is 0 Å². The van der Waals surface area contributed by atoms with Gasteiger partial charge in [-0.3, -0.25) is 10.1 Å². The summed E-state index contributed by atoms with van der Waals surface area (Å²) in [6.45, 7) is 5.18. The zero-order valence-corrected chi connectivity index (χ0v) is 16.3. The molecule has 12 nitrogen and oxygen atoms in total. The minimum absolute atomic E-state index is 0.0262. The third kappa shape index (κ3) is 4.78. The quantitative estimate of drug-likeness (QED) is 0.413. The van der Waals surface area contributed by atoms with Crippen molar-refractivity contribution in [2.45, 2.75) is 0 Å². The van der Waals surface area contributed by atoms with Gasteiger partial charge in [-0.05, 0) is 6.07 Å². The molecule has 0 bridgehead atoms. The van der Waals surface area contributed by atoms with E-state index in [4.69, 9.17) is 9.47 Å². The fourth-order valence-electron chi connectivity index (χ4n) is 3.14. The van der Waals surface area contributed by atoms with E-state index < -0.39 is 4.92 Å². The monoisotopic (exact) mass is 414 g/mol. The minimum atomic E-state index is -0.447. The van der Waals surface area contributed by atoms with Gasteiger partial charge in [0, 0.05) is 32.2 Å². The number of benzene rings is 1. The molecule has 0 atom stereocenters. The summed E-state index contributed by atoms with van der Waals surface area (Å²) in [5, 5.41) is 15.3. The smallest absolute Gasteiger partial charge is 0.278 e. The predicted octanol–water partition coefficient (Wildman–Crippen LogP) is 0.899. The van der Waals surface area contributed by atoms with Crippen molar-refractivity contribution in [1.82, 2.24) is 15.0 Å². The number of para-hydroxylation sites is 1. The van der Waals surface area contributed by atoms with Crippen molar-refractivity contribution in [2.24, 2.45) is 5.10 Å². The maximum atomic E-state index is 11.2. The number of ether oxygens (including phenoxy) is 2. The van der Waals surface area contributed by atoms with Crippen LogP contribution in [0.15, 0.2) is 29.4 Å². The Morgan fingerprint density at radius 2 is 1.53 bits per heavy atom. The number of aromatic nitrogens is 3. The number of nitro groups is 1. The number of hydrazone groups is 1. The van der Waals surface area contributed by atoms with Gasteiger partial charge in [-0.25, -0.2) is 5.43 Å². The maximum Gasteiger partial charge on any atom is 0.278 e. The van der Waals surface area contributed by atoms with Crippen molar-refractivity contribution in [1.29, 1.82) is 0 Å². The highest BCUT2D eigenvalue weighted by Crippen LogP contribution is 2.19. The number of anilines is 3. The van der Waals surface area contributed by atoms with Crippen molar-refractivity contribution < 1.29 is 14.4 Å². The predicted molar refractivity (Wildman–Crippen MR) is 110 cm³/mol. The molecule has 4 rings (SSSR count). The number of hydrogen-bond donors (Lipinski definition) is 1. The van der Waals surface area contributed by atoms with Crippen LogP contribution in [-0.2, 0) is 9.47 Å². The molecule has 2 aliphatic heterocycles. The van der Waals surface area contributed by atoms with Gasteiger partial charge in [0.2, 0.25) is 17.8 Å². The fourth-order valence-corrected chi connectivity index (χ4v) is 3.14. The van der Waals surface area contributed by atoms with Gasteiger partial charge in [-0.15, -0.1) is 0 Å². The zero-order valence-electron chi connectivity index (χ0n) is 16.3. The molecule has 30 heavy (non-hydrogen) atoms. The van der Waals surface area contributed by atoms with Crippen LogP contribution in [0.1, 0.15) is 5.56 Å². The highest BCUT2D eigenvalue weighted by molar-refractivity contribution is 5.85. The third-order valence-corrected chi connectivity index (χ3v) is 4.70. The second-order valence-corrected chi connectivity index (χ2v) is 6.64. The van der Waals surface area contributed by atoms with Crippen LogP contribution in [0.25, 0.3) is 0 Å². The topological polar surface area (TPSA) is 131 Å². The Morgan fingerprint density at radius 3 is 2.10 bits per heavy atom. The normalized spacial score (nSPS) is 17.3. The van der Waals surface area contributed by atoms with Gasteiger partial charge in [0.1, 0.15) is 0 Å². The lowest BCUT2D eigenvalue weighted by molar-refractivity contribution is -0.385. The molecule has 0 spiro atoms. The summed E-state index contributed by atoms with van der Waals surface area (Å²) in [6, 6.07) is 6.37. The molecule has 2 aliphatic rings. The Balaban J connectivity index is 1.57. The first-order chi connectivity index (χ1) is 14.7. The van der Waals surface area contributed by atoms with E-state index in [2.05, 4.69) is 25.5 Å². The number of nitro benzene ring substituents is 1. The van der Waals surface area contributed by atoms with Crippen LogP contribution >= 0.6 is 0 Å². The summed E-state index contributed by atoms with van der Waals surface area (Å²) in [5.41, 5.74) is 3.14. The lowest BCUT2D eigenvalue weighted by Gasteiger charge is -2.30. The molecule has 1 aromatic heterocycles. The number of nitrogens with zero attached hydrogens (tertiary/aromatic N) is 7. The fraction of sp³-hybridized carbons (Fsp3) is 0.444. The van der Waals surface area contributed by atoms with Gasteiger partial charge in [0.25, 0.3) is 5.69 Å². The first-order valence-electron chi connectivity index (χ1n) is 9.65. The molecule has 2 fully saturated rings. The summed E-state index contributed by atoms with van der Waals surface area (Å²) >= 11 is 0. The summed E-state index contributed by atoms with van der Waals surface area (Å²) in [7, 11) is 0. The Kier molecular flexibility index (Phi) is 6.25. The van der Waals surface area contributed by atoms with Crippen molar-refractivity contribution in [3.8, 4) is 0 Å². The zero-order chi connectivity index (χ0) is 20.8. The minimum Gasteiger partial charge on any atom is -0.378 e. The van der Waals surface area contributed by atoms with Crippen molar-refractivity contribution in [2.75, 3.05) is 67.8 Å². The molecule has 0 amide bonds. The van der Waals surface area contributed by atoms with Crippen molar-refractivity contribution in [3.63, 3.8) is 0 Å². The summed E-state index contributed by atoms with van der Waals surface area (Å²) < 4.78 is 10.8. The molecule has 0 radical (unpaired) electrons. The maximum absolute atomic E-state index is 11.2. The van der Waals surface area contributed by atoms with E-state index in [1.54, 1.807) is 18.2 Å². The van der Waals surface area contributed by atoms with Crippen LogP contribution < -0.4 is 15.2 Å². The van der Waals surface area contributed by atoms with Crippen LogP contribution in [0, 0.1) is 10.1 Å². The Labute approximate surface area is 172 Å². The number of hydrogen-bond acceptors (Lipinski definition) is 11. The molecule has 158 valence electrons. The molecule has 3 heterocycles. The first-order valence-corrected chi connectivity index (χ1v) is 9.65. The molecular formula is C18H22N8O4. The van der Waals surface area contributed by atoms with Gasteiger partial charge in [-0.2, -0.15) is 20.1 Å². The van der Waals surface area contributed by atoms with Crippen molar-refractivity contribution >= 4 is 29.7 Å². The van der Waals surface area contributed by atoms with E-state index in [9.17, 15) is 10.1 Å². The van der Waals surface area contributed by atoms with Gasteiger partial charge in [-0.1, -0.05) is 12.1 Å². The molecular weight excluding hydrogens is 392 g/mol. The number of nitrogens with one attached hydrogen (secondary N) is 1. The van der Waals surface area contributed by atoms with E-state index in [0.717, 1.165) is 0 Å². The van der Waals surface area contributed by atoms with E-state index in [1.807, 2.05) is 9.80 Å². The lowest BCUT2D eigenvalue weighted by Crippen LogP contribution is -2.40. The highest BCUT2D eigenvalue weighted by Gasteiger charge is 2.20. The summed E-state index contributed by atoms with van der Waals surface area (Å²) in [6.07, 6.45) is 1.38. The van der Waals surface area contributed by atoms with Crippen molar-refractivity contribution in [3.05, 3.63) is 39.9 Å². The average Bonchev–Trinajstić information content (AvgIpc) is 2.80. The van der Waals surface area contributed by atoms with Gasteiger partial charge in [0.15, 0.2) is 0 Å². The standard InChI is InChI=1S/C18H22N8O4/c27-26(28)15-4-2-1-3-14(15)13-19-23-16-20-17(24-5-9-29-10-6-24)22-18(21-16)25-7-11-30-12-8-25/h1-4,13H,5-12H2,(H,20,21,22,23)/b19-13-. The summed E-state index contributed by atoms with van der Waals surface area (Å²) in [5.74, 6) is 1.35. The van der Waals surface area contributed by atoms with Crippen LogP contribution in [0.5, 0.6) is 0 Å². The van der Waals surface area contributed by atoms with Crippen LogP contribution in [0.4, 0.5) is 23.5 Å². The Hall–Kier alpha value is -3.38.